The third-order valence-electron chi connectivity index (χ3n) is 4.79. The van der Waals surface area contributed by atoms with Gasteiger partial charge in [0.1, 0.15) is 12.0 Å². The van der Waals surface area contributed by atoms with Crippen molar-refractivity contribution in [3.05, 3.63) is 35.6 Å². The van der Waals surface area contributed by atoms with Crippen molar-refractivity contribution in [1.82, 2.24) is 10.2 Å². The molecule has 1 saturated carbocycles. The molecule has 2 fully saturated rings. The number of amides is 1. The Labute approximate surface area is 125 Å². The van der Waals surface area contributed by atoms with Crippen molar-refractivity contribution in [1.29, 1.82) is 0 Å². The van der Waals surface area contributed by atoms with Crippen LogP contribution >= 0.6 is 0 Å². The van der Waals surface area contributed by atoms with E-state index in [4.69, 9.17) is 0 Å². The van der Waals surface area contributed by atoms with E-state index in [-0.39, 0.29) is 23.4 Å². The number of unbranched alkanes of at least 4 members (excludes halogenated alkanes) is 1. The van der Waals surface area contributed by atoms with Gasteiger partial charge in [-0.3, -0.25) is 10.1 Å². The number of nitrogens with one attached hydrogen (secondary N) is 1. The lowest BCUT2D eigenvalue weighted by Gasteiger charge is -2.24. The molecule has 1 spiro atoms. The molecular formula is C17H23FN2O. The van der Waals surface area contributed by atoms with Crippen LogP contribution in [0, 0.1) is 5.82 Å². The Morgan fingerprint density at radius 2 is 1.95 bits per heavy atom. The largest absolute Gasteiger partial charge is 0.321 e. The number of nitrogens with zero attached hydrogens (tertiary/aromatic N) is 1. The highest BCUT2D eigenvalue weighted by molar-refractivity contribution is 5.89. The number of hydrogen-bond donors (Lipinski definition) is 1. The van der Waals surface area contributed by atoms with Crippen molar-refractivity contribution >= 4 is 5.91 Å². The fourth-order valence-electron chi connectivity index (χ4n) is 3.60. The second kappa shape index (κ2) is 5.76. The van der Waals surface area contributed by atoms with Crippen LogP contribution in [0.15, 0.2) is 24.3 Å². The first-order chi connectivity index (χ1) is 10.2. The summed E-state index contributed by atoms with van der Waals surface area (Å²) in [5, 5.41) is 3.56. The number of halogens is 1. The molecule has 1 aromatic carbocycles. The average Bonchev–Trinajstić information content (AvgIpc) is 3.06. The fraction of sp³-hybridized carbons (Fsp3) is 0.588. The average molecular weight is 290 g/mol. The molecule has 1 saturated heterocycles. The van der Waals surface area contributed by atoms with Gasteiger partial charge in [-0.15, -0.1) is 0 Å². The molecule has 1 N–H and O–H groups in total. The van der Waals surface area contributed by atoms with Gasteiger partial charge < -0.3 is 4.90 Å². The second-order valence-electron chi connectivity index (χ2n) is 6.24. The van der Waals surface area contributed by atoms with E-state index in [1.807, 2.05) is 4.90 Å². The van der Waals surface area contributed by atoms with Gasteiger partial charge in [0, 0.05) is 6.54 Å². The van der Waals surface area contributed by atoms with E-state index in [9.17, 15) is 9.18 Å². The highest BCUT2D eigenvalue weighted by Gasteiger charge is 2.52. The minimum atomic E-state index is -0.368. The molecule has 4 heteroatoms. The van der Waals surface area contributed by atoms with Gasteiger partial charge >= 0.3 is 0 Å². The summed E-state index contributed by atoms with van der Waals surface area (Å²) in [4.78, 5) is 14.8. The molecule has 2 aliphatic rings. The lowest BCUT2D eigenvalue weighted by atomic mass is 9.98. The number of carbonyl (C=O) groups excluding carboxylic acids is 1. The van der Waals surface area contributed by atoms with Gasteiger partial charge in [0.05, 0.1) is 5.54 Å². The Morgan fingerprint density at radius 1 is 1.29 bits per heavy atom. The molecule has 0 aromatic heterocycles. The van der Waals surface area contributed by atoms with E-state index in [1.54, 1.807) is 12.1 Å². The molecule has 1 amide bonds. The Bertz CT molecular complexity index is 508. The van der Waals surface area contributed by atoms with Gasteiger partial charge in [-0.25, -0.2) is 4.39 Å². The molecule has 3 rings (SSSR count). The minimum Gasteiger partial charge on any atom is -0.321 e. The van der Waals surface area contributed by atoms with Crippen molar-refractivity contribution in [3.8, 4) is 0 Å². The van der Waals surface area contributed by atoms with Crippen LogP contribution in [0.25, 0.3) is 0 Å². The highest BCUT2D eigenvalue weighted by Crippen LogP contribution is 2.40. The van der Waals surface area contributed by atoms with Crippen LogP contribution in [-0.4, -0.2) is 22.9 Å². The van der Waals surface area contributed by atoms with Crippen LogP contribution in [0.3, 0.4) is 0 Å². The Kier molecular flexibility index (Phi) is 3.98. The summed E-state index contributed by atoms with van der Waals surface area (Å²) in [7, 11) is 0. The van der Waals surface area contributed by atoms with Crippen LogP contribution in [0.5, 0.6) is 0 Å². The van der Waals surface area contributed by atoms with Crippen LogP contribution in [0.1, 0.15) is 57.2 Å². The molecule has 1 aliphatic heterocycles. The lowest BCUT2D eigenvalue weighted by molar-refractivity contribution is -0.133. The van der Waals surface area contributed by atoms with E-state index >= 15 is 0 Å². The predicted octanol–water partition coefficient (Wildman–Crippen LogP) is 3.37. The van der Waals surface area contributed by atoms with E-state index in [2.05, 4.69) is 12.2 Å². The van der Waals surface area contributed by atoms with Gasteiger partial charge in [0.25, 0.3) is 0 Å². The summed E-state index contributed by atoms with van der Waals surface area (Å²) in [6.07, 6.45) is 6.02. The maximum absolute atomic E-state index is 13.1. The first-order valence-corrected chi connectivity index (χ1v) is 8.00. The Hall–Kier alpha value is -1.42. The molecule has 114 valence electrons. The number of carbonyl (C=O) groups is 1. The first kappa shape index (κ1) is 14.5. The molecule has 1 aliphatic carbocycles. The van der Waals surface area contributed by atoms with Gasteiger partial charge in [-0.2, -0.15) is 0 Å². The zero-order valence-corrected chi connectivity index (χ0v) is 12.6. The summed E-state index contributed by atoms with van der Waals surface area (Å²) >= 11 is 0. The molecule has 1 heterocycles. The predicted molar refractivity (Wildman–Crippen MR) is 80.1 cm³/mol. The van der Waals surface area contributed by atoms with E-state index in [0.29, 0.717) is 0 Å². The first-order valence-electron chi connectivity index (χ1n) is 8.00. The molecule has 21 heavy (non-hydrogen) atoms. The topological polar surface area (TPSA) is 32.3 Å². The fourth-order valence-corrected chi connectivity index (χ4v) is 3.60. The van der Waals surface area contributed by atoms with Crippen molar-refractivity contribution < 1.29 is 9.18 Å². The Morgan fingerprint density at radius 3 is 2.57 bits per heavy atom. The standard InChI is InChI=1S/C17H23FN2O/c1-2-3-12-20-15(13-6-8-14(18)9-7-13)19-17(16(20)21)10-4-5-11-17/h6-9,15,19H,2-5,10-12H2,1H3. The van der Waals surface area contributed by atoms with E-state index in [0.717, 1.165) is 50.6 Å². The number of benzene rings is 1. The molecule has 0 bridgehead atoms. The van der Waals surface area contributed by atoms with Gasteiger partial charge in [0.15, 0.2) is 0 Å². The monoisotopic (exact) mass is 290 g/mol. The number of hydrogen-bond acceptors (Lipinski definition) is 2. The third kappa shape index (κ3) is 2.57. The zero-order chi connectivity index (χ0) is 14.9. The van der Waals surface area contributed by atoms with Crippen molar-refractivity contribution in [3.63, 3.8) is 0 Å². The summed E-state index contributed by atoms with van der Waals surface area (Å²) in [6, 6.07) is 6.51. The lowest BCUT2D eigenvalue weighted by Crippen LogP contribution is -2.44. The van der Waals surface area contributed by atoms with Crippen LogP contribution in [0.4, 0.5) is 4.39 Å². The molecule has 3 nitrogen and oxygen atoms in total. The van der Waals surface area contributed by atoms with E-state index < -0.39 is 0 Å². The molecule has 0 radical (unpaired) electrons. The summed E-state index contributed by atoms with van der Waals surface area (Å²) in [6.45, 7) is 2.90. The number of rotatable bonds is 4. The van der Waals surface area contributed by atoms with Gasteiger partial charge in [-0.05, 0) is 37.0 Å². The summed E-state index contributed by atoms with van der Waals surface area (Å²) in [5.41, 5.74) is 0.608. The zero-order valence-electron chi connectivity index (χ0n) is 12.6. The SMILES string of the molecule is CCCCN1C(=O)C2(CCCC2)NC1c1ccc(F)cc1. The molecule has 1 aromatic rings. The quantitative estimate of drug-likeness (QED) is 0.922. The van der Waals surface area contributed by atoms with Crippen molar-refractivity contribution in [2.24, 2.45) is 0 Å². The second-order valence-corrected chi connectivity index (χ2v) is 6.24. The van der Waals surface area contributed by atoms with Crippen LogP contribution in [-0.2, 0) is 4.79 Å². The maximum Gasteiger partial charge on any atom is 0.244 e. The van der Waals surface area contributed by atoms with Crippen molar-refractivity contribution in [2.45, 2.75) is 57.2 Å². The highest BCUT2D eigenvalue weighted by atomic mass is 19.1. The summed E-state index contributed by atoms with van der Waals surface area (Å²) in [5.74, 6) is 0.00142. The molecular weight excluding hydrogens is 267 g/mol. The normalized spacial score (nSPS) is 24.2. The summed E-state index contributed by atoms with van der Waals surface area (Å²) < 4.78 is 13.1. The molecule has 1 atom stereocenters. The molecule has 1 unspecified atom stereocenters. The Balaban J connectivity index is 1.88. The van der Waals surface area contributed by atoms with Gasteiger partial charge in [0.2, 0.25) is 5.91 Å². The third-order valence-corrected chi connectivity index (χ3v) is 4.79. The smallest absolute Gasteiger partial charge is 0.244 e. The van der Waals surface area contributed by atoms with Gasteiger partial charge in [-0.1, -0.05) is 38.3 Å². The minimum absolute atomic E-state index is 0.109. The maximum atomic E-state index is 13.1. The van der Waals surface area contributed by atoms with Crippen LogP contribution < -0.4 is 5.32 Å². The van der Waals surface area contributed by atoms with Crippen molar-refractivity contribution in [2.75, 3.05) is 6.54 Å². The van der Waals surface area contributed by atoms with Crippen LogP contribution in [0.2, 0.25) is 0 Å². The van der Waals surface area contributed by atoms with E-state index in [1.165, 1.54) is 12.1 Å².